The molecule has 1 aliphatic rings. The summed E-state index contributed by atoms with van der Waals surface area (Å²) in [7, 11) is 4.18. The normalized spacial score (nSPS) is 14.5. The van der Waals surface area contributed by atoms with Crippen molar-refractivity contribution in [2.24, 2.45) is 0 Å². The van der Waals surface area contributed by atoms with Crippen molar-refractivity contribution in [3.05, 3.63) is 77.5 Å². The van der Waals surface area contributed by atoms with Crippen molar-refractivity contribution in [3.63, 3.8) is 0 Å². The Morgan fingerprint density at radius 3 is 2.61 bits per heavy atom. The highest BCUT2D eigenvalue weighted by Gasteiger charge is 2.17. The maximum Gasteiger partial charge on any atom is 0.262 e. The first-order chi connectivity index (χ1) is 13.6. The van der Waals surface area contributed by atoms with Crippen LogP contribution in [-0.2, 0) is 6.42 Å². The van der Waals surface area contributed by atoms with Crippen LogP contribution in [0.3, 0.4) is 0 Å². The minimum Gasteiger partial charge on any atom is -0.309 e. The molecule has 1 aromatic heterocycles. The first-order valence-electron chi connectivity index (χ1n) is 10.2. The average molecular weight is 373 g/mol. The fourth-order valence-electron chi connectivity index (χ4n) is 4.03. The highest BCUT2D eigenvalue weighted by molar-refractivity contribution is 6.03. The van der Waals surface area contributed by atoms with Gasteiger partial charge in [-0.1, -0.05) is 30.3 Å². The minimum absolute atomic E-state index is 0.0336. The molecule has 0 radical (unpaired) electrons. The van der Waals surface area contributed by atoms with E-state index in [0.717, 1.165) is 30.5 Å². The Bertz CT molecular complexity index is 1010. The predicted octanol–water partition coefficient (Wildman–Crippen LogP) is 5.39. The number of nitrogens with zero attached hydrogens (tertiary/aromatic N) is 2. The van der Waals surface area contributed by atoms with Crippen molar-refractivity contribution >= 4 is 22.4 Å². The van der Waals surface area contributed by atoms with Gasteiger partial charge >= 0.3 is 0 Å². The number of likely N-dealkylation sites (N-methyl/N-ethyl adjacent to an activating group) is 1. The molecule has 0 unspecified atom stereocenters. The molecule has 1 heterocycles. The molecule has 28 heavy (non-hydrogen) atoms. The molecule has 3 heteroatoms. The molecular weight excluding hydrogens is 344 g/mol. The smallest absolute Gasteiger partial charge is 0.262 e. The van der Waals surface area contributed by atoms with E-state index in [1.54, 1.807) is 0 Å². The van der Waals surface area contributed by atoms with E-state index in [0.29, 0.717) is 0 Å². The van der Waals surface area contributed by atoms with Crippen LogP contribution in [0.15, 0.2) is 60.8 Å². The summed E-state index contributed by atoms with van der Waals surface area (Å²) in [6.07, 6.45) is 10.3. The van der Waals surface area contributed by atoms with Gasteiger partial charge in [0.1, 0.15) is 0 Å². The zero-order chi connectivity index (χ0) is 19.5. The third-order valence-electron chi connectivity index (χ3n) is 5.62. The van der Waals surface area contributed by atoms with Crippen LogP contribution >= 0.6 is 0 Å². The molecule has 1 aliphatic carbocycles. The van der Waals surface area contributed by atoms with Crippen LogP contribution in [0.1, 0.15) is 47.2 Å². The fourth-order valence-corrected chi connectivity index (χ4v) is 4.03. The van der Waals surface area contributed by atoms with Gasteiger partial charge in [-0.15, -0.1) is 0 Å². The number of fused-ring (bicyclic) bond motifs is 1. The monoisotopic (exact) mass is 372 g/mol. The lowest BCUT2D eigenvalue weighted by Crippen LogP contribution is -2.15. The van der Waals surface area contributed by atoms with Gasteiger partial charge in [-0.2, -0.15) is 0 Å². The lowest BCUT2D eigenvalue weighted by atomic mass is 9.92. The highest BCUT2D eigenvalue weighted by atomic mass is 16.2. The Morgan fingerprint density at radius 2 is 1.89 bits per heavy atom. The Morgan fingerprint density at radius 1 is 1.07 bits per heavy atom. The molecule has 0 N–H and O–H groups in total. The van der Waals surface area contributed by atoms with E-state index in [-0.39, 0.29) is 5.91 Å². The molecule has 0 saturated carbocycles. The lowest BCUT2D eigenvalue weighted by molar-refractivity contribution is 0.0965. The average Bonchev–Trinajstić information content (AvgIpc) is 3.11. The summed E-state index contributed by atoms with van der Waals surface area (Å²) < 4.78 is 1.83. The van der Waals surface area contributed by atoms with Crippen LogP contribution in [0, 0.1) is 0 Å². The number of rotatable bonds is 5. The van der Waals surface area contributed by atoms with E-state index in [1.807, 2.05) is 41.1 Å². The molecule has 0 atom stereocenters. The van der Waals surface area contributed by atoms with Crippen molar-refractivity contribution < 1.29 is 4.79 Å². The predicted molar refractivity (Wildman–Crippen MR) is 117 cm³/mol. The molecule has 0 saturated heterocycles. The van der Waals surface area contributed by atoms with Crippen LogP contribution in [0.4, 0.5) is 0 Å². The van der Waals surface area contributed by atoms with Crippen LogP contribution in [0.2, 0.25) is 0 Å². The summed E-state index contributed by atoms with van der Waals surface area (Å²) >= 11 is 0. The van der Waals surface area contributed by atoms with Gasteiger partial charge in [-0.3, -0.25) is 9.36 Å². The van der Waals surface area contributed by atoms with Gasteiger partial charge in [-0.05, 0) is 87.2 Å². The van der Waals surface area contributed by atoms with E-state index in [1.165, 1.54) is 41.3 Å². The van der Waals surface area contributed by atoms with Crippen molar-refractivity contribution in [1.29, 1.82) is 0 Å². The summed E-state index contributed by atoms with van der Waals surface area (Å²) in [6, 6.07) is 16.1. The van der Waals surface area contributed by atoms with E-state index in [4.69, 9.17) is 0 Å². The van der Waals surface area contributed by atoms with Gasteiger partial charge in [-0.25, -0.2) is 0 Å². The van der Waals surface area contributed by atoms with Crippen molar-refractivity contribution in [3.8, 4) is 0 Å². The molecule has 0 amide bonds. The van der Waals surface area contributed by atoms with Gasteiger partial charge in [0.25, 0.3) is 5.91 Å². The molecule has 0 fully saturated rings. The topological polar surface area (TPSA) is 25.2 Å². The summed E-state index contributed by atoms with van der Waals surface area (Å²) in [5, 5.41) is 1.20. The van der Waals surface area contributed by atoms with Gasteiger partial charge in [0.2, 0.25) is 0 Å². The van der Waals surface area contributed by atoms with E-state index in [2.05, 4.69) is 43.3 Å². The molecule has 2 aromatic carbocycles. The molecule has 0 bridgehead atoms. The molecule has 3 aromatic rings. The van der Waals surface area contributed by atoms with Crippen LogP contribution in [0.5, 0.6) is 0 Å². The second-order valence-corrected chi connectivity index (χ2v) is 7.96. The van der Waals surface area contributed by atoms with Gasteiger partial charge in [0, 0.05) is 23.7 Å². The number of benzene rings is 2. The second kappa shape index (κ2) is 8.15. The Labute approximate surface area is 167 Å². The molecule has 144 valence electrons. The number of allylic oxidation sites excluding steroid dienone is 2. The first-order valence-corrected chi connectivity index (χ1v) is 10.2. The zero-order valence-electron chi connectivity index (χ0n) is 16.8. The fraction of sp³-hybridized carbons (Fsp3) is 0.320. The first kappa shape index (κ1) is 18.7. The Balaban J connectivity index is 1.79. The molecule has 4 rings (SSSR count). The van der Waals surface area contributed by atoms with Crippen LogP contribution in [-0.4, -0.2) is 36.0 Å². The molecular formula is C25H28N2O. The third-order valence-corrected chi connectivity index (χ3v) is 5.62. The molecule has 0 spiro atoms. The largest absolute Gasteiger partial charge is 0.309 e. The quantitative estimate of drug-likeness (QED) is 0.600. The minimum atomic E-state index is 0.0336. The lowest BCUT2D eigenvalue weighted by Gasteiger charge is -2.13. The van der Waals surface area contributed by atoms with Crippen LogP contribution in [0.25, 0.3) is 16.5 Å². The van der Waals surface area contributed by atoms with E-state index < -0.39 is 0 Å². The number of hydrogen-bond donors (Lipinski definition) is 0. The third kappa shape index (κ3) is 3.81. The summed E-state index contributed by atoms with van der Waals surface area (Å²) in [5.74, 6) is 0.0336. The maximum absolute atomic E-state index is 13.1. The van der Waals surface area contributed by atoms with Crippen molar-refractivity contribution in [1.82, 2.24) is 9.47 Å². The standard InChI is InChI=1S/C25H28N2O/c1-26(2)16-15-22-18-27(25(28)20-11-7-4-8-12-20)24-14-13-21(17-23(22)24)19-9-5-3-6-10-19/h4,7-9,11-14,17-18H,3,5-6,10,15-16H2,1-2H3. The second-order valence-electron chi connectivity index (χ2n) is 7.96. The number of hydrogen-bond acceptors (Lipinski definition) is 2. The van der Waals surface area contributed by atoms with Crippen LogP contribution < -0.4 is 0 Å². The molecule has 0 aliphatic heterocycles. The van der Waals surface area contributed by atoms with Crippen molar-refractivity contribution in [2.45, 2.75) is 32.1 Å². The highest BCUT2D eigenvalue weighted by Crippen LogP contribution is 2.31. The van der Waals surface area contributed by atoms with E-state index in [9.17, 15) is 4.79 Å². The van der Waals surface area contributed by atoms with Gasteiger partial charge < -0.3 is 4.90 Å². The van der Waals surface area contributed by atoms with Crippen molar-refractivity contribution in [2.75, 3.05) is 20.6 Å². The summed E-state index contributed by atoms with van der Waals surface area (Å²) in [6.45, 7) is 0.964. The summed E-state index contributed by atoms with van der Waals surface area (Å²) in [4.78, 5) is 15.3. The van der Waals surface area contributed by atoms with E-state index >= 15 is 0 Å². The maximum atomic E-state index is 13.1. The number of carbonyl (C=O) groups excluding carboxylic acids is 1. The Hall–Kier alpha value is -2.65. The Kier molecular flexibility index (Phi) is 5.45. The zero-order valence-corrected chi connectivity index (χ0v) is 16.8. The van der Waals surface area contributed by atoms with Gasteiger partial charge in [0.05, 0.1) is 5.52 Å². The molecule has 3 nitrogen and oxygen atoms in total. The van der Waals surface area contributed by atoms with Gasteiger partial charge in [0.15, 0.2) is 0 Å². The SMILES string of the molecule is CN(C)CCc1cn(C(=O)c2ccccc2)c2ccc(C3=CCCCC3)cc12. The summed E-state index contributed by atoms with van der Waals surface area (Å²) in [5.41, 5.74) is 5.73. The number of aromatic nitrogens is 1. The number of carbonyl (C=O) groups is 1.